The maximum Gasteiger partial charge on any atom is 0.243 e. The van der Waals surface area contributed by atoms with Gasteiger partial charge in [0, 0.05) is 17.0 Å². The third-order valence-electron chi connectivity index (χ3n) is 10.0. The number of fused-ring (bicyclic) bond motifs is 5. The quantitative estimate of drug-likeness (QED) is 0.620. The molecule has 184 valence electrons. The fraction of sp³-hybridized carbons (Fsp3) is 0.567. The van der Waals surface area contributed by atoms with Crippen molar-refractivity contribution >= 4 is 5.91 Å². The Bertz CT molecular complexity index is 1140. The molecule has 1 aromatic carbocycles. The second kappa shape index (κ2) is 8.18. The summed E-state index contributed by atoms with van der Waals surface area (Å²) in [5.74, 6) is 3.22. The van der Waals surface area contributed by atoms with Crippen molar-refractivity contribution in [2.24, 2.45) is 34.5 Å². The van der Waals surface area contributed by atoms with Gasteiger partial charge in [0.2, 0.25) is 11.8 Å². The first-order chi connectivity index (χ1) is 16.7. The van der Waals surface area contributed by atoms with Gasteiger partial charge in [0.1, 0.15) is 6.10 Å². The molecule has 1 aliphatic heterocycles. The van der Waals surface area contributed by atoms with Gasteiger partial charge >= 0.3 is 0 Å². The number of rotatable bonds is 3. The van der Waals surface area contributed by atoms with E-state index in [4.69, 9.17) is 4.74 Å². The van der Waals surface area contributed by atoms with Gasteiger partial charge in [-0.25, -0.2) is 9.97 Å². The van der Waals surface area contributed by atoms with Crippen LogP contribution >= 0.6 is 0 Å². The van der Waals surface area contributed by atoms with Crippen molar-refractivity contribution in [3.05, 3.63) is 54.4 Å². The SMILES string of the molecule is Cc1ccc(-c2cnc(OC3C[C@H]4[C@@H]5C(C)CC6NC(=O)C=C[C@]6(C)[C@@H]5CC[C@]4(C)C3)cn2)cc1. The summed E-state index contributed by atoms with van der Waals surface area (Å²) < 4.78 is 6.46. The molecule has 5 heteroatoms. The highest BCUT2D eigenvalue weighted by Crippen LogP contribution is 2.64. The van der Waals surface area contributed by atoms with Gasteiger partial charge in [0.25, 0.3) is 0 Å². The molecule has 1 aromatic heterocycles. The lowest BCUT2D eigenvalue weighted by atomic mass is 9.46. The number of hydrogen-bond acceptors (Lipinski definition) is 4. The summed E-state index contributed by atoms with van der Waals surface area (Å²) in [5.41, 5.74) is 3.55. The lowest BCUT2D eigenvalue weighted by Crippen LogP contribution is -2.61. The van der Waals surface area contributed by atoms with Crippen LogP contribution in [-0.2, 0) is 4.79 Å². The second-order valence-electron chi connectivity index (χ2n) is 12.2. The van der Waals surface area contributed by atoms with Crippen molar-refractivity contribution in [1.82, 2.24) is 15.3 Å². The smallest absolute Gasteiger partial charge is 0.243 e. The van der Waals surface area contributed by atoms with Crippen LogP contribution in [0.15, 0.2) is 48.8 Å². The van der Waals surface area contributed by atoms with Crippen molar-refractivity contribution in [3.63, 3.8) is 0 Å². The van der Waals surface area contributed by atoms with Crippen LogP contribution in [-0.4, -0.2) is 28.0 Å². The topological polar surface area (TPSA) is 64.1 Å². The zero-order valence-corrected chi connectivity index (χ0v) is 21.3. The molecule has 0 bridgehead atoms. The third-order valence-corrected chi connectivity index (χ3v) is 10.0. The summed E-state index contributed by atoms with van der Waals surface area (Å²) in [4.78, 5) is 21.3. The first kappa shape index (κ1) is 22.8. The Morgan fingerprint density at radius 3 is 2.60 bits per heavy atom. The maximum absolute atomic E-state index is 12.1. The number of ether oxygens (including phenoxy) is 1. The van der Waals surface area contributed by atoms with E-state index in [0.717, 1.165) is 30.5 Å². The molecule has 1 N–H and O–H groups in total. The third kappa shape index (κ3) is 3.78. The van der Waals surface area contributed by atoms with Crippen LogP contribution in [0.2, 0.25) is 0 Å². The standard InChI is InChI=1S/C30H37N3O2/c1-18-5-7-20(8-6-18)24-16-32-27(17-31-24)35-21-14-23-28-19(2)13-25-30(4,12-10-26(34)33-25)22(28)9-11-29(23,3)15-21/h5-8,10,12,16-17,19,21-23,25,28H,9,11,13-15H2,1-4H3,(H,33,34)/t19?,21?,22-,23+,25?,28-,29-,30-/m1/s1. The number of aromatic nitrogens is 2. The number of carbonyl (C=O) groups is 1. The minimum Gasteiger partial charge on any atom is -0.473 e. The average Bonchev–Trinajstić information content (AvgIpc) is 3.17. The molecular formula is C30H37N3O2. The van der Waals surface area contributed by atoms with E-state index in [1.165, 1.54) is 18.4 Å². The van der Waals surface area contributed by atoms with Gasteiger partial charge in [-0.1, -0.05) is 56.7 Å². The average molecular weight is 472 g/mol. The van der Waals surface area contributed by atoms with E-state index in [9.17, 15) is 4.79 Å². The summed E-state index contributed by atoms with van der Waals surface area (Å²) in [5, 5.41) is 3.29. The summed E-state index contributed by atoms with van der Waals surface area (Å²) in [7, 11) is 0. The molecule has 3 fully saturated rings. The monoisotopic (exact) mass is 471 g/mol. The highest BCUT2D eigenvalue weighted by Gasteiger charge is 2.60. The van der Waals surface area contributed by atoms with Crippen LogP contribution in [0.5, 0.6) is 5.88 Å². The maximum atomic E-state index is 12.1. The zero-order valence-electron chi connectivity index (χ0n) is 21.3. The predicted octanol–water partition coefficient (Wildman–Crippen LogP) is 5.74. The Labute approximate surface area is 208 Å². The number of amides is 1. The molecule has 0 spiro atoms. The van der Waals surface area contributed by atoms with Gasteiger partial charge in [0.05, 0.1) is 18.1 Å². The molecular weight excluding hydrogens is 434 g/mol. The Balaban J connectivity index is 1.19. The molecule has 0 radical (unpaired) electrons. The van der Waals surface area contributed by atoms with E-state index < -0.39 is 0 Å². The molecule has 3 aliphatic carbocycles. The van der Waals surface area contributed by atoms with Crippen LogP contribution in [0.25, 0.3) is 11.3 Å². The second-order valence-corrected chi connectivity index (χ2v) is 12.2. The normalized spacial score (nSPS) is 39.8. The van der Waals surface area contributed by atoms with Gasteiger partial charge in [-0.2, -0.15) is 0 Å². The van der Waals surface area contributed by atoms with E-state index in [2.05, 4.69) is 73.3 Å². The number of hydrogen-bond donors (Lipinski definition) is 1. The van der Waals surface area contributed by atoms with Gasteiger partial charge in [-0.05, 0) is 74.2 Å². The zero-order chi connectivity index (χ0) is 24.4. The van der Waals surface area contributed by atoms with E-state index in [-0.39, 0.29) is 23.5 Å². The van der Waals surface area contributed by atoms with Crippen molar-refractivity contribution in [2.75, 3.05) is 0 Å². The van der Waals surface area contributed by atoms with Crippen LogP contribution in [0, 0.1) is 41.4 Å². The minimum absolute atomic E-state index is 0.0582. The van der Waals surface area contributed by atoms with Crippen molar-refractivity contribution in [1.29, 1.82) is 0 Å². The predicted molar refractivity (Wildman–Crippen MR) is 137 cm³/mol. The van der Waals surface area contributed by atoms with E-state index in [0.29, 0.717) is 35.0 Å². The van der Waals surface area contributed by atoms with E-state index in [1.54, 1.807) is 12.3 Å². The summed E-state index contributed by atoms with van der Waals surface area (Å²) >= 11 is 0. The summed E-state index contributed by atoms with van der Waals surface area (Å²) in [6.45, 7) is 9.37. The largest absolute Gasteiger partial charge is 0.473 e. The number of aryl methyl sites for hydroxylation is 1. The summed E-state index contributed by atoms with van der Waals surface area (Å²) in [6, 6.07) is 8.63. The lowest BCUT2D eigenvalue weighted by Gasteiger charge is -2.60. The molecule has 2 heterocycles. The molecule has 1 amide bonds. The molecule has 3 unspecified atom stereocenters. The van der Waals surface area contributed by atoms with Crippen LogP contribution in [0.3, 0.4) is 0 Å². The molecule has 35 heavy (non-hydrogen) atoms. The van der Waals surface area contributed by atoms with Crippen LogP contribution in [0.1, 0.15) is 58.4 Å². The van der Waals surface area contributed by atoms with Crippen LogP contribution < -0.4 is 10.1 Å². The fourth-order valence-corrected chi connectivity index (χ4v) is 8.19. The lowest BCUT2D eigenvalue weighted by molar-refractivity contribution is -0.124. The first-order valence-corrected chi connectivity index (χ1v) is 13.3. The number of nitrogens with zero attached hydrogens (tertiary/aromatic N) is 2. The Hall–Kier alpha value is -2.69. The fourth-order valence-electron chi connectivity index (χ4n) is 8.19. The molecule has 2 aromatic rings. The Kier molecular flexibility index (Phi) is 5.32. The van der Waals surface area contributed by atoms with Gasteiger partial charge < -0.3 is 10.1 Å². The molecule has 6 rings (SSSR count). The van der Waals surface area contributed by atoms with Crippen molar-refractivity contribution < 1.29 is 9.53 Å². The van der Waals surface area contributed by atoms with Crippen molar-refractivity contribution in [3.8, 4) is 17.1 Å². The number of carbonyl (C=O) groups excluding carboxylic acids is 1. The van der Waals surface area contributed by atoms with Crippen molar-refractivity contribution in [2.45, 2.75) is 71.9 Å². The summed E-state index contributed by atoms with van der Waals surface area (Å²) in [6.07, 6.45) is 13.5. The number of benzene rings is 1. The molecule has 8 atom stereocenters. The highest BCUT2D eigenvalue weighted by atomic mass is 16.5. The van der Waals surface area contributed by atoms with Crippen LogP contribution in [0.4, 0.5) is 0 Å². The van der Waals surface area contributed by atoms with E-state index in [1.807, 2.05) is 6.20 Å². The molecule has 4 aliphatic rings. The number of nitrogens with one attached hydrogen (secondary N) is 1. The highest BCUT2D eigenvalue weighted by molar-refractivity contribution is 5.89. The first-order valence-electron chi connectivity index (χ1n) is 13.3. The van der Waals surface area contributed by atoms with Gasteiger partial charge in [-0.15, -0.1) is 0 Å². The molecule has 3 saturated carbocycles. The molecule has 0 saturated heterocycles. The molecule has 5 nitrogen and oxygen atoms in total. The van der Waals surface area contributed by atoms with Gasteiger partial charge in [-0.3, -0.25) is 4.79 Å². The minimum atomic E-state index is 0.0582. The van der Waals surface area contributed by atoms with Gasteiger partial charge in [0.15, 0.2) is 0 Å². The van der Waals surface area contributed by atoms with E-state index >= 15 is 0 Å². The Morgan fingerprint density at radius 2 is 1.86 bits per heavy atom. The Morgan fingerprint density at radius 1 is 1.06 bits per heavy atom.